The van der Waals surface area contributed by atoms with E-state index in [1.54, 1.807) is 7.11 Å². The lowest BCUT2D eigenvalue weighted by Crippen LogP contribution is -2.64. The summed E-state index contributed by atoms with van der Waals surface area (Å²) in [4.78, 5) is 24.8. The van der Waals surface area contributed by atoms with Crippen molar-refractivity contribution in [2.45, 2.75) is 64.3 Å². The molecular weight excluding hydrogens is 298 g/mol. The number of methoxy groups -OCH3 is 1. The molecule has 0 radical (unpaired) electrons. The Balaban J connectivity index is 1.69. The fourth-order valence-electron chi connectivity index (χ4n) is 3.59. The first kappa shape index (κ1) is 18.0. The predicted molar refractivity (Wildman–Crippen MR) is 86.3 cm³/mol. The van der Waals surface area contributed by atoms with Crippen LogP contribution in [0, 0.1) is 5.41 Å². The summed E-state index contributed by atoms with van der Waals surface area (Å²) >= 11 is 0. The molecule has 2 rings (SSSR count). The zero-order chi connectivity index (χ0) is 17.2. The highest BCUT2D eigenvalue weighted by molar-refractivity contribution is 5.75. The second-order valence-electron chi connectivity index (χ2n) is 7.23. The molecule has 2 saturated carbocycles. The standard InChI is InChI=1S/C16H29N3O4/c1-5-19(9-14(20)21)11-6-10(7-11)17-15(22)18-12-8-13(23-4)16(12,2)3/h10-13H,5-9H2,1-4H3,(H,20,21)(H2,17,18,22). The second kappa shape index (κ2) is 7.05. The van der Waals surface area contributed by atoms with E-state index < -0.39 is 5.97 Å². The van der Waals surface area contributed by atoms with Gasteiger partial charge in [-0.2, -0.15) is 0 Å². The maximum atomic E-state index is 12.1. The summed E-state index contributed by atoms with van der Waals surface area (Å²) in [7, 11) is 1.70. The fraction of sp³-hybridized carbons (Fsp3) is 0.875. The van der Waals surface area contributed by atoms with Gasteiger partial charge in [0.1, 0.15) is 0 Å². The molecule has 0 spiro atoms. The Hall–Kier alpha value is -1.34. The summed E-state index contributed by atoms with van der Waals surface area (Å²) in [5.74, 6) is -0.805. The first-order valence-corrected chi connectivity index (χ1v) is 8.33. The van der Waals surface area contributed by atoms with Crippen LogP contribution in [0.5, 0.6) is 0 Å². The Morgan fingerprint density at radius 3 is 2.39 bits per heavy atom. The van der Waals surface area contributed by atoms with Gasteiger partial charge in [-0.05, 0) is 25.8 Å². The smallest absolute Gasteiger partial charge is 0.317 e. The Morgan fingerprint density at radius 2 is 1.91 bits per heavy atom. The van der Waals surface area contributed by atoms with Gasteiger partial charge in [0.25, 0.3) is 0 Å². The van der Waals surface area contributed by atoms with Crippen molar-refractivity contribution in [3.05, 3.63) is 0 Å². The normalized spacial score (nSPS) is 31.9. The Labute approximate surface area is 137 Å². The maximum absolute atomic E-state index is 12.1. The van der Waals surface area contributed by atoms with Gasteiger partial charge in [0.05, 0.1) is 12.6 Å². The number of carbonyl (C=O) groups is 2. The van der Waals surface area contributed by atoms with Gasteiger partial charge in [-0.1, -0.05) is 20.8 Å². The number of likely N-dealkylation sites (N-methyl/N-ethyl adjacent to an activating group) is 1. The molecule has 2 amide bonds. The monoisotopic (exact) mass is 327 g/mol. The van der Waals surface area contributed by atoms with Crippen LogP contribution in [0.4, 0.5) is 4.79 Å². The highest BCUT2D eigenvalue weighted by Gasteiger charge is 2.49. The zero-order valence-corrected chi connectivity index (χ0v) is 14.5. The largest absolute Gasteiger partial charge is 0.480 e. The molecule has 0 saturated heterocycles. The molecule has 0 bridgehead atoms. The molecule has 0 aromatic heterocycles. The third kappa shape index (κ3) is 3.95. The van der Waals surface area contributed by atoms with Crippen LogP contribution in [-0.4, -0.2) is 66.4 Å². The molecule has 3 N–H and O–H groups in total. The summed E-state index contributed by atoms with van der Waals surface area (Å²) in [6.45, 7) is 6.93. The highest BCUT2D eigenvalue weighted by Crippen LogP contribution is 2.42. The number of carboxylic acids is 1. The van der Waals surface area contributed by atoms with Gasteiger partial charge in [0.15, 0.2) is 0 Å². The molecule has 0 aromatic rings. The number of urea groups is 1. The Bertz CT molecular complexity index is 449. The van der Waals surface area contributed by atoms with E-state index in [9.17, 15) is 9.59 Å². The minimum absolute atomic E-state index is 0.0469. The predicted octanol–water partition coefficient (Wildman–Crippen LogP) is 1.04. The number of ether oxygens (including phenoxy) is 1. The summed E-state index contributed by atoms with van der Waals surface area (Å²) in [6, 6.07) is 0.369. The van der Waals surface area contributed by atoms with Crippen molar-refractivity contribution >= 4 is 12.0 Å². The van der Waals surface area contributed by atoms with Crippen LogP contribution in [0.25, 0.3) is 0 Å². The van der Waals surface area contributed by atoms with Crippen molar-refractivity contribution in [1.82, 2.24) is 15.5 Å². The van der Waals surface area contributed by atoms with Crippen LogP contribution >= 0.6 is 0 Å². The lowest BCUT2D eigenvalue weighted by molar-refractivity contribution is -0.139. The van der Waals surface area contributed by atoms with Crippen LogP contribution in [0.1, 0.15) is 40.0 Å². The summed E-state index contributed by atoms with van der Waals surface area (Å²) < 4.78 is 5.39. The summed E-state index contributed by atoms with van der Waals surface area (Å²) in [5.41, 5.74) is -0.0469. The van der Waals surface area contributed by atoms with Crippen molar-refractivity contribution < 1.29 is 19.4 Å². The quantitative estimate of drug-likeness (QED) is 0.650. The van der Waals surface area contributed by atoms with Crippen LogP contribution in [-0.2, 0) is 9.53 Å². The van der Waals surface area contributed by atoms with Crippen LogP contribution in [0.15, 0.2) is 0 Å². The van der Waals surface area contributed by atoms with Crippen LogP contribution in [0.2, 0.25) is 0 Å². The molecule has 0 heterocycles. The number of rotatable bonds is 7. The number of amides is 2. The van der Waals surface area contributed by atoms with E-state index in [-0.39, 0.29) is 42.2 Å². The number of carbonyl (C=O) groups excluding carboxylic acids is 1. The minimum atomic E-state index is -0.805. The second-order valence-corrected chi connectivity index (χ2v) is 7.23. The topological polar surface area (TPSA) is 90.9 Å². The minimum Gasteiger partial charge on any atom is -0.480 e. The lowest BCUT2D eigenvalue weighted by Gasteiger charge is -2.51. The number of hydrogen-bond donors (Lipinski definition) is 3. The molecule has 0 aromatic carbocycles. The van der Waals surface area contributed by atoms with E-state index in [2.05, 4.69) is 24.5 Å². The number of carboxylic acid groups (broad SMARTS) is 1. The van der Waals surface area contributed by atoms with Crippen molar-refractivity contribution in [1.29, 1.82) is 0 Å². The molecular formula is C16H29N3O4. The molecule has 132 valence electrons. The first-order chi connectivity index (χ1) is 10.8. The van der Waals surface area contributed by atoms with Gasteiger partial charge < -0.3 is 20.5 Å². The average Bonchev–Trinajstić information content (AvgIpc) is 2.44. The Morgan fingerprint density at radius 1 is 1.26 bits per heavy atom. The molecule has 2 fully saturated rings. The summed E-state index contributed by atoms with van der Waals surface area (Å²) in [6.07, 6.45) is 2.65. The zero-order valence-electron chi connectivity index (χ0n) is 14.5. The molecule has 2 aliphatic rings. The van der Waals surface area contributed by atoms with E-state index in [1.165, 1.54) is 0 Å². The average molecular weight is 327 g/mol. The van der Waals surface area contributed by atoms with Crippen molar-refractivity contribution in [2.75, 3.05) is 20.2 Å². The molecule has 23 heavy (non-hydrogen) atoms. The Kier molecular flexibility index (Phi) is 5.52. The van der Waals surface area contributed by atoms with Gasteiger partial charge in [-0.3, -0.25) is 9.69 Å². The van der Waals surface area contributed by atoms with Gasteiger partial charge in [-0.15, -0.1) is 0 Å². The van der Waals surface area contributed by atoms with Crippen molar-refractivity contribution in [3.8, 4) is 0 Å². The van der Waals surface area contributed by atoms with Crippen LogP contribution < -0.4 is 10.6 Å². The van der Waals surface area contributed by atoms with E-state index in [1.807, 2.05) is 11.8 Å². The molecule has 2 unspecified atom stereocenters. The molecule has 0 aliphatic heterocycles. The third-order valence-electron chi connectivity index (χ3n) is 5.48. The fourth-order valence-corrected chi connectivity index (χ4v) is 3.59. The van der Waals surface area contributed by atoms with E-state index in [4.69, 9.17) is 9.84 Å². The van der Waals surface area contributed by atoms with Crippen LogP contribution in [0.3, 0.4) is 0 Å². The van der Waals surface area contributed by atoms with E-state index in [0.717, 1.165) is 19.3 Å². The number of aliphatic carboxylic acids is 1. The van der Waals surface area contributed by atoms with E-state index in [0.29, 0.717) is 6.54 Å². The molecule has 2 atom stereocenters. The number of hydrogen-bond acceptors (Lipinski definition) is 4. The molecule has 7 nitrogen and oxygen atoms in total. The molecule has 7 heteroatoms. The van der Waals surface area contributed by atoms with Gasteiger partial charge in [0.2, 0.25) is 0 Å². The number of nitrogens with one attached hydrogen (secondary N) is 2. The maximum Gasteiger partial charge on any atom is 0.317 e. The van der Waals surface area contributed by atoms with Gasteiger partial charge >= 0.3 is 12.0 Å². The highest BCUT2D eigenvalue weighted by atomic mass is 16.5. The van der Waals surface area contributed by atoms with Gasteiger partial charge in [0, 0.05) is 30.7 Å². The van der Waals surface area contributed by atoms with Gasteiger partial charge in [-0.25, -0.2) is 4.79 Å². The summed E-state index contributed by atoms with van der Waals surface area (Å²) in [5, 5.41) is 14.9. The van der Waals surface area contributed by atoms with Crippen molar-refractivity contribution in [2.24, 2.45) is 5.41 Å². The SMILES string of the molecule is CCN(CC(=O)O)C1CC(NC(=O)NC2CC(OC)C2(C)C)C1. The lowest BCUT2D eigenvalue weighted by atomic mass is 9.64. The number of nitrogens with zero attached hydrogens (tertiary/aromatic N) is 1. The third-order valence-corrected chi connectivity index (χ3v) is 5.48. The molecule has 2 aliphatic carbocycles. The first-order valence-electron chi connectivity index (χ1n) is 8.33. The van der Waals surface area contributed by atoms with E-state index >= 15 is 0 Å². The van der Waals surface area contributed by atoms with Crippen molar-refractivity contribution in [3.63, 3.8) is 0 Å².